The molecule has 6 heteroatoms. The van der Waals surface area contributed by atoms with Crippen molar-refractivity contribution in [2.24, 2.45) is 5.73 Å². The van der Waals surface area contributed by atoms with E-state index in [4.69, 9.17) is 5.73 Å². The van der Waals surface area contributed by atoms with E-state index in [1.54, 1.807) is 0 Å². The molecule has 0 spiro atoms. The van der Waals surface area contributed by atoms with Crippen molar-refractivity contribution >= 4 is 28.7 Å². The van der Waals surface area contributed by atoms with E-state index in [1.165, 1.54) is 18.1 Å². The molecule has 0 aliphatic carbocycles. The first-order chi connectivity index (χ1) is 10.2. The summed E-state index contributed by atoms with van der Waals surface area (Å²) >= 11 is 1.18. The van der Waals surface area contributed by atoms with Gasteiger partial charge in [0.05, 0.1) is 11.7 Å². The molecular formula is C15H18N4OS. The first-order valence-corrected chi connectivity index (χ1v) is 8.26. The third-order valence-corrected chi connectivity index (χ3v) is 5.30. The number of fused-ring (bicyclic) bond motifs is 3. The number of hydrogen-bond donors (Lipinski definition) is 1. The molecule has 2 aliphatic heterocycles. The van der Waals surface area contributed by atoms with Gasteiger partial charge >= 0.3 is 0 Å². The predicted molar refractivity (Wildman–Crippen MR) is 82.2 cm³/mol. The quantitative estimate of drug-likeness (QED) is 0.876. The highest BCUT2D eigenvalue weighted by atomic mass is 32.1. The van der Waals surface area contributed by atoms with Crippen LogP contribution in [-0.2, 0) is 0 Å². The molecule has 21 heavy (non-hydrogen) atoms. The van der Waals surface area contributed by atoms with Gasteiger partial charge in [-0.25, -0.2) is 0 Å². The smallest absolute Gasteiger partial charge is 0.254 e. The van der Waals surface area contributed by atoms with Crippen molar-refractivity contribution in [3.05, 3.63) is 23.8 Å². The minimum atomic E-state index is 0.131. The van der Waals surface area contributed by atoms with Gasteiger partial charge in [-0.3, -0.25) is 4.79 Å². The first kappa shape index (κ1) is 13.2. The summed E-state index contributed by atoms with van der Waals surface area (Å²) in [5.74, 6) is 0.131. The lowest BCUT2D eigenvalue weighted by atomic mass is 9.81. The Morgan fingerprint density at radius 1 is 1.19 bits per heavy atom. The molecule has 2 fully saturated rings. The molecule has 2 saturated heterocycles. The van der Waals surface area contributed by atoms with Crippen LogP contribution < -0.4 is 5.73 Å². The topological polar surface area (TPSA) is 72.1 Å². The molecule has 2 aliphatic rings. The normalized spacial score (nSPS) is 28.8. The van der Waals surface area contributed by atoms with Gasteiger partial charge in [0.25, 0.3) is 5.91 Å². The second kappa shape index (κ2) is 5.03. The summed E-state index contributed by atoms with van der Waals surface area (Å²) in [5.41, 5.74) is 8.52. The molecule has 2 atom stereocenters. The van der Waals surface area contributed by atoms with Crippen molar-refractivity contribution in [1.29, 1.82) is 0 Å². The molecule has 2 aromatic rings. The Morgan fingerprint density at radius 3 is 2.67 bits per heavy atom. The van der Waals surface area contributed by atoms with Crippen molar-refractivity contribution in [3.8, 4) is 0 Å². The number of amides is 1. The molecule has 2 N–H and O–H groups in total. The van der Waals surface area contributed by atoms with Gasteiger partial charge in [0.15, 0.2) is 0 Å². The van der Waals surface area contributed by atoms with Crippen LogP contribution >= 0.6 is 11.7 Å². The number of piperidine rings is 2. The maximum Gasteiger partial charge on any atom is 0.254 e. The fraction of sp³-hybridized carbons (Fsp3) is 0.533. The maximum atomic E-state index is 12.9. The van der Waals surface area contributed by atoms with Crippen LogP contribution in [0.25, 0.3) is 11.0 Å². The number of rotatable bonds is 1. The third kappa shape index (κ3) is 2.22. The number of carbonyl (C=O) groups excluding carboxylic acids is 1. The van der Waals surface area contributed by atoms with E-state index in [0.29, 0.717) is 12.1 Å². The minimum Gasteiger partial charge on any atom is -0.333 e. The summed E-state index contributed by atoms with van der Waals surface area (Å²) in [4.78, 5) is 15.0. The minimum absolute atomic E-state index is 0.131. The average Bonchev–Trinajstić information content (AvgIpc) is 2.93. The van der Waals surface area contributed by atoms with Gasteiger partial charge in [0.2, 0.25) is 0 Å². The van der Waals surface area contributed by atoms with Crippen LogP contribution in [0.3, 0.4) is 0 Å². The van der Waals surface area contributed by atoms with Gasteiger partial charge in [-0.2, -0.15) is 8.75 Å². The van der Waals surface area contributed by atoms with Crippen LogP contribution in [0.4, 0.5) is 0 Å². The second-order valence-electron chi connectivity index (χ2n) is 6.15. The molecule has 5 nitrogen and oxygen atoms in total. The summed E-state index contributed by atoms with van der Waals surface area (Å²) in [6, 6.07) is 6.49. The van der Waals surface area contributed by atoms with E-state index < -0.39 is 0 Å². The number of nitrogens with two attached hydrogens (primary N) is 1. The van der Waals surface area contributed by atoms with Crippen LogP contribution in [-0.4, -0.2) is 37.7 Å². The number of nitrogens with zero attached hydrogens (tertiary/aromatic N) is 3. The lowest BCUT2D eigenvalue weighted by Crippen LogP contribution is -2.57. The molecule has 2 bridgehead atoms. The fourth-order valence-electron chi connectivity index (χ4n) is 3.82. The highest BCUT2D eigenvalue weighted by Crippen LogP contribution is 2.34. The average molecular weight is 302 g/mol. The molecule has 1 aromatic heterocycles. The number of benzene rings is 1. The molecule has 1 aromatic carbocycles. The third-order valence-electron chi connectivity index (χ3n) is 4.75. The van der Waals surface area contributed by atoms with Gasteiger partial charge in [-0.15, -0.1) is 0 Å². The summed E-state index contributed by atoms with van der Waals surface area (Å²) in [5, 5.41) is 0. The summed E-state index contributed by atoms with van der Waals surface area (Å²) in [6.45, 7) is 0. The Labute approximate surface area is 127 Å². The molecule has 1 amide bonds. The Kier molecular flexibility index (Phi) is 3.15. The van der Waals surface area contributed by atoms with E-state index >= 15 is 0 Å². The standard InChI is InChI=1S/C15H18N4OS/c16-10-7-11-2-1-3-12(8-10)19(11)15(20)9-4-5-13-14(6-9)18-21-17-13/h4-6,10-12H,1-3,7-8,16H2. The van der Waals surface area contributed by atoms with Crippen molar-refractivity contribution in [2.75, 3.05) is 0 Å². The van der Waals surface area contributed by atoms with Crippen molar-refractivity contribution in [2.45, 2.75) is 50.2 Å². The number of aromatic nitrogens is 2. The largest absolute Gasteiger partial charge is 0.333 e. The number of hydrogen-bond acceptors (Lipinski definition) is 5. The van der Waals surface area contributed by atoms with Crippen LogP contribution in [0.15, 0.2) is 18.2 Å². The molecule has 4 rings (SSSR count). The Hall–Kier alpha value is -1.53. The predicted octanol–water partition coefficient (Wildman–Crippen LogP) is 2.18. The summed E-state index contributed by atoms with van der Waals surface area (Å²) < 4.78 is 8.42. The highest BCUT2D eigenvalue weighted by Gasteiger charge is 2.40. The lowest BCUT2D eigenvalue weighted by molar-refractivity contribution is 0.0243. The van der Waals surface area contributed by atoms with Crippen LogP contribution in [0.2, 0.25) is 0 Å². The SMILES string of the molecule is NC1CC2CCCC(C1)N2C(=O)c1ccc2nsnc2c1. The van der Waals surface area contributed by atoms with E-state index in [2.05, 4.69) is 13.6 Å². The van der Waals surface area contributed by atoms with Crippen molar-refractivity contribution < 1.29 is 4.79 Å². The molecule has 3 heterocycles. The Morgan fingerprint density at radius 2 is 1.90 bits per heavy atom. The second-order valence-corrected chi connectivity index (χ2v) is 6.68. The fourth-order valence-corrected chi connectivity index (χ4v) is 4.34. The molecule has 2 unspecified atom stereocenters. The Bertz CT molecular complexity index is 671. The highest BCUT2D eigenvalue weighted by molar-refractivity contribution is 7.00. The summed E-state index contributed by atoms with van der Waals surface area (Å²) in [7, 11) is 0. The zero-order chi connectivity index (χ0) is 14.4. The molecule has 110 valence electrons. The first-order valence-electron chi connectivity index (χ1n) is 7.53. The maximum absolute atomic E-state index is 12.9. The van der Waals surface area contributed by atoms with E-state index in [-0.39, 0.29) is 11.9 Å². The van der Waals surface area contributed by atoms with Crippen LogP contribution in [0.1, 0.15) is 42.5 Å². The van der Waals surface area contributed by atoms with Gasteiger partial charge in [0.1, 0.15) is 11.0 Å². The monoisotopic (exact) mass is 302 g/mol. The van der Waals surface area contributed by atoms with E-state index in [0.717, 1.165) is 42.3 Å². The molecule has 0 saturated carbocycles. The zero-order valence-electron chi connectivity index (χ0n) is 11.7. The Balaban J connectivity index is 1.66. The van der Waals surface area contributed by atoms with Gasteiger partial charge in [-0.1, -0.05) is 0 Å². The van der Waals surface area contributed by atoms with Gasteiger partial charge in [0, 0.05) is 23.7 Å². The van der Waals surface area contributed by atoms with Crippen LogP contribution in [0, 0.1) is 0 Å². The van der Waals surface area contributed by atoms with Gasteiger partial charge in [-0.05, 0) is 50.3 Å². The van der Waals surface area contributed by atoms with E-state index in [1.807, 2.05) is 18.2 Å². The molecule has 0 radical (unpaired) electrons. The van der Waals surface area contributed by atoms with Gasteiger partial charge < -0.3 is 10.6 Å². The van der Waals surface area contributed by atoms with Crippen molar-refractivity contribution in [1.82, 2.24) is 13.6 Å². The van der Waals surface area contributed by atoms with E-state index in [9.17, 15) is 4.79 Å². The zero-order valence-corrected chi connectivity index (χ0v) is 12.6. The van der Waals surface area contributed by atoms with Crippen molar-refractivity contribution in [3.63, 3.8) is 0 Å². The summed E-state index contributed by atoms with van der Waals surface area (Å²) in [6.07, 6.45) is 5.24. The van der Waals surface area contributed by atoms with Crippen LogP contribution in [0.5, 0.6) is 0 Å². The molecular weight excluding hydrogens is 284 g/mol. The number of carbonyl (C=O) groups is 1. The lowest BCUT2D eigenvalue weighted by Gasteiger charge is -2.48.